The van der Waals surface area contributed by atoms with Crippen LogP contribution in [0.4, 0.5) is 11.4 Å². The first-order valence-electron chi connectivity index (χ1n) is 10.9. The van der Waals surface area contributed by atoms with Crippen LogP contribution in [-0.2, 0) is 25.7 Å². The van der Waals surface area contributed by atoms with Crippen molar-refractivity contribution < 1.29 is 23.8 Å². The summed E-state index contributed by atoms with van der Waals surface area (Å²) in [5.74, 6) is -0.300. The molecule has 3 rings (SSSR count). The Kier molecular flexibility index (Phi) is 8.27. The van der Waals surface area contributed by atoms with Crippen LogP contribution in [-0.4, -0.2) is 24.6 Å². The number of ether oxygens (including phenoxy) is 3. The van der Waals surface area contributed by atoms with Crippen LogP contribution in [0.3, 0.4) is 0 Å². The zero-order valence-corrected chi connectivity index (χ0v) is 18.3. The lowest BCUT2D eigenvalue weighted by molar-refractivity contribution is -0.141. The minimum atomic E-state index is -0.495. The monoisotopic (exact) mass is 438 g/mol. The lowest BCUT2D eigenvalue weighted by atomic mass is 9.87. The number of benzene rings is 2. The number of rotatable bonds is 8. The van der Waals surface area contributed by atoms with Gasteiger partial charge in [-0.2, -0.15) is 0 Å². The van der Waals surface area contributed by atoms with E-state index in [2.05, 4.69) is 0 Å². The Hall–Kier alpha value is -3.32. The molecular formula is C25H30N2O5. The van der Waals surface area contributed by atoms with Crippen LogP contribution in [0.25, 0.3) is 6.08 Å². The minimum Gasteiger partial charge on any atom is -0.458 e. The SMILES string of the molecule is CCOC1CCC(C(=O)Oc2ccc(C=CC(=O)OCc3cc(N)ccc3N)cc2)CC1. The van der Waals surface area contributed by atoms with Gasteiger partial charge in [-0.25, -0.2) is 4.79 Å². The molecule has 0 atom stereocenters. The van der Waals surface area contributed by atoms with Crippen LogP contribution in [0.15, 0.2) is 48.5 Å². The van der Waals surface area contributed by atoms with Gasteiger partial charge >= 0.3 is 11.9 Å². The maximum atomic E-state index is 12.4. The van der Waals surface area contributed by atoms with Gasteiger partial charge in [-0.3, -0.25) is 4.79 Å². The van der Waals surface area contributed by atoms with Crippen molar-refractivity contribution in [1.82, 2.24) is 0 Å². The van der Waals surface area contributed by atoms with Crippen molar-refractivity contribution in [3.63, 3.8) is 0 Å². The summed E-state index contributed by atoms with van der Waals surface area (Å²) in [6.07, 6.45) is 6.56. The van der Waals surface area contributed by atoms with E-state index in [0.717, 1.165) is 31.2 Å². The molecule has 0 aliphatic heterocycles. The van der Waals surface area contributed by atoms with Gasteiger partial charge < -0.3 is 25.7 Å². The van der Waals surface area contributed by atoms with E-state index in [1.807, 2.05) is 6.92 Å². The number of hydrogen-bond acceptors (Lipinski definition) is 7. The molecule has 0 aromatic heterocycles. The van der Waals surface area contributed by atoms with Gasteiger partial charge in [0.15, 0.2) is 0 Å². The van der Waals surface area contributed by atoms with Gasteiger partial charge in [0.1, 0.15) is 12.4 Å². The molecule has 1 saturated carbocycles. The van der Waals surface area contributed by atoms with Crippen LogP contribution in [0, 0.1) is 5.92 Å². The van der Waals surface area contributed by atoms with Crippen molar-refractivity contribution in [3.8, 4) is 5.75 Å². The van der Waals surface area contributed by atoms with Gasteiger partial charge in [-0.1, -0.05) is 12.1 Å². The lowest BCUT2D eigenvalue weighted by Gasteiger charge is -2.26. The first-order chi connectivity index (χ1) is 15.4. The Bertz CT molecular complexity index is 947. The van der Waals surface area contributed by atoms with Crippen molar-refractivity contribution in [2.75, 3.05) is 18.1 Å². The number of hydrogen-bond donors (Lipinski definition) is 2. The van der Waals surface area contributed by atoms with Gasteiger partial charge in [0.05, 0.1) is 12.0 Å². The summed E-state index contributed by atoms with van der Waals surface area (Å²) in [5, 5.41) is 0. The van der Waals surface area contributed by atoms with Crippen molar-refractivity contribution in [3.05, 3.63) is 59.7 Å². The quantitative estimate of drug-likeness (QED) is 0.276. The highest BCUT2D eigenvalue weighted by atomic mass is 16.5. The number of esters is 2. The number of nitrogen functional groups attached to an aromatic ring is 2. The fraction of sp³-hybridized carbons (Fsp3) is 0.360. The summed E-state index contributed by atoms with van der Waals surface area (Å²) < 4.78 is 16.4. The number of nitrogens with two attached hydrogens (primary N) is 2. The van der Waals surface area contributed by atoms with Crippen molar-refractivity contribution in [1.29, 1.82) is 0 Å². The van der Waals surface area contributed by atoms with Crippen LogP contribution in [0.2, 0.25) is 0 Å². The molecule has 0 radical (unpaired) electrons. The standard InChI is InChI=1S/C25H30N2O5/c1-2-30-21-11-6-18(7-12-21)25(29)32-22-9-3-17(4-10-22)5-14-24(28)31-16-19-15-20(26)8-13-23(19)27/h3-5,8-10,13-15,18,21H,2,6-7,11-12,16,26-27H2,1H3. The van der Waals surface area contributed by atoms with E-state index >= 15 is 0 Å². The molecule has 0 bridgehead atoms. The highest BCUT2D eigenvalue weighted by molar-refractivity contribution is 5.87. The van der Waals surface area contributed by atoms with Gasteiger partial charge in [-0.05, 0) is 74.6 Å². The fourth-order valence-electron chi connectivity index (χ4n) is 3.66. The van der Waals surface area contributed by atoms with Gasteiger partial charge in [-0.15, -0.1) is 0 Å². The van der Waals surface area contributed by atoms with E-state index in [4.69, 9.17) is 25.7 Å². The molecule has 170 valence electrons. The Morgan fingerprint density at radius 2 is 1.75 bits per heavy atom. The predicted octanol–water partition coefficient (Wildman–Crippen LogP) is 4.11. The highest BCUT2D eigenvalue weighted by Gasteiger charge is 2.27. The fourth-order valence-corrected chi connectivity index (χ4v) is 3.66. The zero-order valence-electron chi connectivity index (χ0n) is 18.3. The second-order valence-electron chi connectivity index (χ2n) is 7.82. The number of carbonyl (C=O) groups is 2. The maximum absolute atomic E-state index is 12.4. The molecule has 4 N–H and O–H groups in total. The van der Waals surface area contributed by atoms with Crippen molar-refractivity contribution in [2.45, 2.75) is 45.3 Å². The largest absolute Gasteiger partial charge is 0.458 e. The molecule has 1 fully saturated rings. The van der Waals surface area contributed by atoms with Crippen molar-refractivity contribution in [2.24, 2.45) is 5.92 Å². The molecule has 7 heteroatoms. The molecule has 0 spiro atoms. The van der Waals surface area contributed by atoms with E-state index in [9.17, 15) is 9.59 Å². The van der Waals surface area contributed by atoms with Crippen LogP contribution in [0.1, 0.15) is 43.7 Å². The summed E-state index contributed by atoms with van der Waals surface area (Å²) in [5.41, 5.74) is 14.1. The first kappa shape index (κ1) is 23.3. The lowest BCUT2D eigenvalue weighted by Crippen LogP contribution is -2.28. The molecule has 0 heterocycles. The van der Waals surface area contributed by atoms with Crippen molar-refractivity contribution >= 4 is 29.4 Å². The number of carbonyl (C=O) groups excluding carboxylic acids is 2. The third-order valence-corrected chi connectivity index (χ3v) is 5.46. The molecule has 7 nitrogen and oxygen atoms in total. The van der Waals surface area contributed by atoms with Gasteiger partial charge in [0.2, 0.25) is 0 Å². The minimum absolute atomic E-state index is 0.0431. The molecule has 0 saturated heterocycles. The second-order valence-corrected chi connectivity index (χ2v) is 7.82. The first-order valence-corrected chi connectivity index (χ1v) is 10.9. The van der Waals surface area contributed by atoms with E-state index in [1.54, 1.807) is 48.5 Å². The molecule has 0 amide bonds. The Morgan fingerprint density at radius 3 is 2.44 bits per heavy atom. The maximum Gasteiger partial charge on any atom is 0.331 e. The normalized spacial score (nSPS) is 18.4. The van der Waals surface area contributed by atoms with Gasteiger partial charge in [0, 0.05) is 29.6 Å². The predicted molar refractivity (Wildman–Crippen MR) is 124 cm³/mol. The summed E-state index contributed by atoms with van der Waals surface area (Å²) in [4.78, 5) is 24.4. The molecule has 32 heavy (non-hydrogen) atoms. The van der Waals surface area contributed by atoms with Gasteiger partial charge in [0.25, 0.3) is 0 Å². The smallest absolute Gasteiger partial charge is 0.331 e. The Labute approximate surface area is 188 Å². The topological polar surface area (TPSA) is 114 Å². The van der Waals surface area contributed by atoms with Crippen LogP contribution in [0.5, 0.6) is 5.75 Å². The van der Waals surface area contributed by atoms with Crippen LogP contribution >= 0.6 is 0 Å². The number of anilines is 2. The Balaban J connectivity index is 1.45. The average Bonchev–Trinajstić information content (AvgIpc) is 2.80. The molecule has 1 aliphatic carbocycles. The summed E-state index contributed by atoms with van der Waals surface area (Å²) in [6, 6.07) is 12.0. The Morgan fingerprint density at radius 1 is 1.03 bits per heavy atom. The molecule has 2 aromatic carbocycles. The van der Waals surface area contributed by atoms with Crippen LogP contribution < -0.4 is 16.2 Å². The average molecular weight is 439 g/mol. The molecule has 0 unspecified atom stereocenters. The zero-order chi connectivity index (χ0) is 22.9. The molecule has 1 aliphatic rings. The summed E-state index contributed by atoms with van der Waals surface area (Å²) in [7, 11) is 0. The molecule has 2 aromatic rings. The van der Waals surface area contributed by atoms with E-state index in [0.29, 0.717) is 29.3 Å². The van der Waals surface area contributed by atoms with E-state index < -0.39 is 5.97 Å². The third kappa shape index (κ3) is 6.85. The molecular weight excluding hydrogens is 408 g/mol. The summed E-state index contributed by atoms with van der Waals surface area (Å²) >= 11 is 0. The van der Waals surface area contributed by atoms with E-state index in [1.165, 1.54) is 6.08 Å². The summed E-state index contributed by atoms with van der Waals surface area (Å²) in [6.45, 7) is 2.73. The third-order valence-electron chi connectivity index (χ3n) is 5.46. The second kappa shape index (κ2) is 11.3. The highest BCUT2D eigenvalue weighted by Crippen LogP contribution is 2.28. The van der Waals surface area contributed by atoms with E-state index in [-0.39, 0.29) is 24.6 Å².